The van der Waals surface area contributed by atoms with E-state index in [2.05, 4.69) is 30.5 Å². The van der Waals surface area contributed by atoms with Crippen LogP contribution in [0.1, 0.15) is 16.2 Å². The second-order valence-corrected chi connectivity index (χ2v) is 9.20. The monoisotopic (exact) mass is 603 g/mol. The molecule has 42 heavy (non-hydrogen) atoms. The molecule has 0 spiro atoms. The molecule has 5 rings (SSSR count). The van der Waals surface area contributed by atoms with E-state index in [1.807, 2.05) is 0 Å². The van der Waals surface area contributed by atoms with Crippen LogP contribution >= 0.6 is 11.6 Å². The van der Waals surface area contributed by atoms with Crippen LogP contribution in [0.4, 0.5) is 23.4 Å². The number of carbonyl (C=O) groups is 1. The van der Waals surface area contributed by atoms with E-state index < -0.39 is 36.2 Å². The molecule has 0 unspecified atom stereocenters. The maximum Gasteiger partial charge on any atom is 0.416 e. The minimum Gasteiger partial charge on any atom is -0.382 e. The fourth-order valence-corrected chi connectivity index (χ4v) is 3.94. The summed E-state index contributed by atoms with van der Waals surface area (Å²) in [5.41, 5.74) is -0.444. The van der Waals surface area contributed by atoms with Crippen molar-refractivity contribution in [3.8, 4) is 17.1 Å². The minimum absolute atomic E-state index is 0.0382. The van der Waals surface area contributed by atoms with Gasteiger partial charge in [-0.2, -0.15) is 13.2 Å². The van der Waals surface area contributed by atoms with Gasteiger partial charge < -0.3 is 10.4 Å². The second-order valence-electron chi connectivity index (χ2n) is 8.76. The molecule has 0 saturated heterocycles. The number of pyridine rings is 2. The number of nitrogens with one attached hydrogen (secondary N) is 1. The van der Waals surface area contributed by atoms with E-state index >= 15 is 0 Å². The summed E-state index contributed by atoms with van der Waals surface area (Å²) in [5.74, 6) is -1.43. The van der Waals surface area contributed by atoms with Gasteiger partial charge in [0.25, 0.3) is 5.91 Å². The normalized spacial score (nSPS) is 12.3. The molecule has 0 aliphatic rings. The van der Waals surface area contributed by atoms with Gasteiger partial charge >= 0.3 is 11.9 Å². The van der Waals surface area contributed by atoms with Crippen LogP contribution in [0.15, 0.2) is 72.2 Å². The third-order valence-electron chi connectivity index (χ3n) is 5.82. The fraction of sp³-hybridized carbons (Fsp3) is 0.160. The number of hydrogen-bond acceptors (Lipinski definition) is 8. The van der Waals surface area contributed by atoms with Crippen LogP contribution in [-0.2, 0) is 13.1 Å². The van der Waals surface area contributed by atoms with Crippen LogP contribution in [0, 0.1) is 5.82 Å². The number of nitrogens with zero attached hydrogens (tertiary/aromatic N) is 8. The molecule has 0 fully saturated rings. The Balaban J connectivity index is 1.43. The number of anilines is 1. The number of aliphatic hydroxyl groups is 1. The quantitative estimate of drug-likeness (QED) is 0.257. The highest BCUT2D eigenvalue weighted by Gasteiger charge is 2.39. The highest BCUT2D eigenvalue weighted by molar-refractivity contribution is 6.30. The minimum atomic E-state index is -4.97. The molecule has 5 aromatic rings. The van der Waals surface area contributed by atoms with E-state index in [4.69, 9.17) is 11.6 Å². The lowest BCUT2D eigenvalue weighted by atomic mass is 10.2. The summed E-state index contributed by atoms with van der Waals surface area (Å²) < 4.78 is 55.6. The molecule has 1 amide bonds. The Morgan fingerprint density at radius 3 is 2.57 bits per heavy atom. The van der Waals surface area contributed by atoms with Crippen LogP contribution in [0.3, 0.4) is 0 Å². The topological polar surface area (TPSA) is 146 Å². The molecule has 0 saturated carbocycles. The van der Waals surface area contributed by atoms with Crippen molar-refractivity contribution in [2.45, 2.75) is 25.4 Å². The zero-order valence-electron chi connectivity index (χ0n) is 21.1. The standard InChI is InChI=1S/C25H18ClF4N9O3/c26-16-5-3-14(4-6-16)22-36-38(24(42)37(22)11-19(40)25(28,29)30)12-20-33-13-39(35-20)18-2-1-7-32-21(18)34-23(41)15-8-17(27)10-31-9-15/h1-10,13,19,40H,11-12H2,(H,32,34,41)/t19-/m0/s1. The van der Waals surface area contributed by atoms with E-state index in [9.17, 15) is 32.3 Å². The van der Waals surface area contributed by atoms with Gasteiger partial charge in [-0.25, -0.2) is 28.5 Å². The van der Waals surface area contributed by atoms with Gasteiger partial charge in [0, 0.05) is 23.0 Å². The number of carbonyl (C=O) groups excluding carboxylic acids is 1. The zero-order chi connectivity index (χ0) is 30.0. The van der Waals surface area contributed by atoms with Gasteiger partial charge in [-0.3, -0.25) is 14.3 Å². The van der Waals surface area contributed by atoms with Gasteiger partial charge in [0.2, 0.25) is 0 Å². The number of halogens is 5. The second kappa shape index (κ2) is 11.5. The smallest absolute Gasteiger partial charge is 0.382 e. The van der Waals surface area contributed by atoms with Crippen LogP contribution in [0.25, 0.3) is 17.1 Å². The van der Waals surface area contributed by atoms with Crippen molar-refractivity contribution < 1.29 is 27.5 Å². The molecule has 12 nitrogen and oxygen atoms in total. The molecule has 0 radical (unpaired) electrons. The summed E-state index contributed by atoms with van der Waals surface area (Å²) >= 11 is 5.91. The first-order chi connectivity index (χ1) is 20.0. The molecule has 216 valence electrons. The van der Waals surface area contributed by atoms with E-state index in [1.54, 1.807) is 12.1 Å². The number of benzene rings is 1. The summed E-state index contributed by atoms with van der Waals surface area (Å²) in [7, 11) is 0. The molecule has 0 aliphatic heterocycles. The molecule has 1 aromatic carbocycles. The molecule has 4 aromatic heterocycles. The summed E-state index contributed by atoms with van der Waals surface area (Å²) in [6, 6.07) is 10.0. The number of alkyl halides is 3. The Kier molecular flexibility index (Phi) is 7.82. The lowest BCUT2D eigenvalue weighted by molar-refractivity contribution is -0.207. The van der Waals surface area contributed by atoms with E-state index in [1.165, 1.54) is 47.7 Å². The maximum atomic E-state index is 13.5. The Labute approximate surface area is 237 Å². The Morgan fingerprint density at radius 1 is 1.10 bits per heavy atom. The van der Waals surface area contributed by atoms with Crippen molar-refractivity contribution in [1.29, 1.82) is 0 Å². The van der Waals surface area contributed by atoms with Crippen molar-refractivity contribution >= 4 is 23.3 Å². The molecule has 17 heteroatoms. The van der Waals surface area contributed by atoms with Crippen molar-refractivity contribution in [3.05, 3.63) is 100 Å². The number of aromatic nitrogens is 8. The van der Waals surface area contributed by atoms with Gasteiger partial charge in [0.15, 0.2) is 23.6 Å². The number of amides is 1. The van der Waals surface area contributed by atoms with E-state index in [0.29, 0.717) is 9.59 Å². The van der Waals surface area contributed by atoms with Crippen molar-refractivity contribution in [3.63, 3.8) is 0 Å². The van der Waals surface area contributed by atoms with Crippen molar-refractivity contribution in [2.24, 2.45) is 0 Å². The summed E-state index contributed by atoms with van der Waals surface area (Å²) in [6.07, 6.45) is -3.00. The Morgan fingerprint density at radius 2 is 1.86 bits per heavy atom. The highest BCUT2D eigenvalue weighted by Crippen LogP contribution is 2.24. The molecule has 0 bridgehead atoms. The average molecular weight is 604 g/mol. The molecule has 1 atom stereocenters. The van der Waals surface area contributed by atoms with Crippen LogP contribution < -0.4 is 11.0 Å². The fourth-order valence-electron chi connectivity index (χ4n) is 3.81. The highest BCUT2D eigenvalue weighted by atomic mass is 35.5. The summed E-state index contributed by atoms with van der Waals surface area (Å²) in [6.45, 7) is -1.44. The zero-order valence-corrected chi connectivity index (χ0v) is 21.8. The summed E-state index contributed by atoms with van der Waals surface area (Å²) in [4.78, 5) is 37.6. The van der Waals surface area contributed by atoms with Gasteiger partial charge in [-0.1, -0.05) is 11.6 Å². The number of rotatable bonds is 8. The largest absolute Gasteiger partial charge is 0.416 e. The lowest BCUT2D eigenvalue weighted by Gasteiger charge is -2.15. The maximum absolute atomic E-state index is 13.5. The third-order valence-corrected chi connectivity index (χ3v) is 6.07. The Bertz CT molecular complexity index is 1800. The molecule has 2 N–H and O–H groups in total. The van der Waals surface area contributed by atoms with E-state index in [-0.39, 0.29) is 40.8 Å². The predicted octanol–water partition coefficient (Wildman–Crippen LogP) is 3.10. The molecular weight excluding hydrogens is 586 g/mol. The van der Waals surface area contributed by atoms with Crippen molar-refractivity contribution in [2.75, 3.05) is 5.32 Å². The molecule has 4 heterocycles. The number of aliphatic hydroxyl groups excluding tert-OH is 1. The SMILES string of the molecule is O=C(Nc1ncccc1-n1cnc(Cn2nc(-c3ccc(Cl)cc3)n(C[C@H](O)C(F)(F)F)c2=O)n1)c1cncc(F)c1. The van der Waals surface area contributed by atoms with Crippen molar-refractivity contribution in [1.82, 2.24) is 39.1 Å². The van der Waals surface area contributed by atoms with Gasteiger partial charge in [0.1, 0.15) is 24.4 Å². The predicted molar refractivity (Wildman–Crippen MR) is 139 cm³/mol. The summed E-state index contributed by atoms with van der Waals surface area (Å²) in [5, 5.41) is 21.0. The van der Waals surface area contributed by atoms with Gasteiger partial charge in [-0.05, 0) is 42.5 Å². The van der Waals surface area contributed by atoms with E-state index in [0.717, 1.165) is 16.9 Å². The lowest BCUT2D eigenvalue weighted by Crippen LogP contribution is -2.37. The molecular formula is C25H18ClF4N9O3. The van der Waals surface area contributed by atoms with Crippen LogP contribution in [0.5, 0.6) is 0 Å². The van der Waals surface area contributed by atoms with Crippen LogP contribution in [0.2, 0.25) is 5.02 Å². The van der Waals surface area contributed by atoms with Gasteiger partial charge in [-0.15, -0.1) is 10.2 Å². The molecule has 0 aliphatic carbocycles. The average Bonchev–Trinajstić information content (AvgIpc) is 3.54. The first kappa shape index (κ1) is 28.6. The first-order valence-corrected chi connectivity index (χ1v) is 12.3. The third kappa shape index (κ3) is 6.18. The van der Waals surface area contributed by atoms with Gasteiger partial charge in [0.05, 0.1) is 18.3 Å². The Hall–Kier alpha value is -4.96. The first-order valence-electron chi connectivity index (χ1n) is 12.0. The number of hydrogen-bond donors (Lipinski definition) is 2. The van der Waals surface area contributed by atoms with Crippen LogP contribution in [-0.4, -0.2) is 62.4 Å².